The number of hydrogen-bond acceptors (Lipinski definition) is 9. The number of fused-ring (bicyclic) bond motifs is 3. The minimum atomic E-state index is -0.744. The van der Waals surface area contributed by atoms with Crippen LogP contribution in [0.15, 0.2) is 47.8 Å². The molecule has 1 aliphatic heterocycles. The van der Waals surface area contributed by atoms with Gasteiger partial charge in [-0.3, -0.25) is 9.59 Å². The van der Waals surface area contributed by atoms with E-state index in [9.17, 15) is 19.2 Å². The first-order valence-corrected chi connectivity index (χ1v) is 18.7. The maximum Gasteiger partial charge on any atom is 0.407 e. The van der Waals surface area contributed by atoms with Gasteiger partial charge in [0.05, 0.1) is 13.7 Å². The zero-order valence-electron chi connectivity index (χ0n) is 31.3. The van der Waals surface area contributed by atoms with Crippen LogP contribution in [0.2, 0.25) is 0 Å². The Morgan fingerprint density at radius 3 is 2.34 bits per heavy atom. The lowest BCUT2D eigenvalue weighted by Gasteiger charge is -2.25. The van der Waals surface area contributed by atoms with Crippen molar-refractivity contribution in [2.45, 2.75) is 91.3 Å². The van der Waals surface area contributed by atoms with Gasteiger partial charge in [-0.15, -0.1) is 11.3 Å². The molecule has 12 heteroatoms. The van der Waals surface area contributed by atoms with Gasteiger partial charge in [-0.2, -0.15) is 0 Å². The summed E-state index contributed by atoms with van der Waals surface area (Å²) in [5.74, 6) is -0.969. The number of rotatable bonds is 8. The highest BCUT2D eigenvalue weighted by Crippen LogP contribution is 2.43. The van der Waals surface area contributed by atoms with Crippen molar-refractivity contribution >= 4 is 40.9 Å². The number of methoxy groups -OCH3 is 1. The van der Waals surface area contributed by atoms with Crippen molar-refractivity contribution < 1.29 is 33.4 Å². The fourth-order valence-electron chi connectivity index (χ4n) is 7.02. The number of aromatic nitrogens is 1. The van der Waals surface area contributed by atoms with Gasteiger partial charge < -0.3 is 30.2 Å². The molecule has 2 aromatic carbocycles. The Balaban J connectivity index is 1.39. The first-order valence-electron chi connectivity index (χ1n) is 17.8. The molecule has 11 nitrogen and oxygen atoms in total. The first-order chi connectivity index (χ1) is 25.1. The number of pyridine rings is 1. The number of ether oxygens (including phenoxy) is 3. The second kappa shape index (κ2) is 15.0. The van der Waals surface area contributed by atoms with Gasteiger partial charge in [0.1, 0.15) is 17.0 Å². The van der Waals surface area contributed by atoms with Crippen LogP contribution in [0.4, 0.5) is 10.5 Å². The molecular weight excluding hydrogens is 693 g/mol. The van der Waals surface area contributed by atoms with Crippen LogP contribution in [-0.4, -0.2) is 53.7 Å². The third-order valence-corrected chi connectivity index (χ3v) is 10.6. The number of thiophene rings is 1. The molecule has 3 amide bonds. The van der Waals surface area contributed by atoms with E-state index in [2.05, 4.69) is 27.0 Å². The number of nitrogens with zero attached hydrogens (tertiary/aromatic N) is 1. The summed E-state index contributed by atoms with van der Waals surface area (Å²) >= 11 is 1.57. The van der Waals surface area contributed by atoms with E-state index < -0.39 is 23.6 Å². The summed E-state index contributed by atoms with van der Waals surface area (Å²) in [7, 11) is 1.25. The van der Waals surface area contributed by atoms with Crippen LogP contribution in [-0.2, 0) is 22.4 Å². The summed E-state index contributed by atoms with van der Waals surface area (Å²) in [5, 5.41) is 11.0. The zero-order chi connectivity index (χ0) is 38.1. The second-order valence-electron chi connectivity index (χ2n) is 15.0. The minimum Gasteiger partial charge on any atom is -0.493 e. The van der Waals surface area contributed by atoms with E-state index in [1.807, 2.05) is 38.3 Å². The molecule has 3 N–H and O–H groups in total. The fourth-order valence-corrected chi connectivity index (χ4v) is 8.00. The highest BCUT2D eigenvalue weighted by molar-refractivity contribution is 7.13. The number of aryl methyl sites for hydroxylation is 2. The molecule has 0 atom stereocenters. The monoisotopic (exact) mass is 738 g/mol. The molecule has 3 heterocycles. The van der Waals surface area contributed by atoms with Crippen LogP contribution < -0.4 is 20.7 Å². The average Bonchev–Trinajstić information content (AvgIpc) is 3.72. The summed E-state index contributed by atoms with van der Waals surface area (Å²) in [5.41, 5.74) is 4.98. The van der Waals surface area contributed by atoms with Crippen LogP contribution in [0.5, 0.6) is 5.75 Å². The van der Waals surface area contributed by atoms with Gasteiger partial charge in [0, 0.05) is 51.3 Å². The Hall–Kier alpha value is -5.23. The van der Waals surface area contributed by atoms with Gasteiger partial charge in [-0.05, 0) is 112 Å². The average molecular weight is 739 g/mol. The van der Waals surface area contributed by atoms with Gasteiger partial charge in [0.15, 0.2) is 5.69 Å². The number of anilines is 1. The smallest absolute Gasteiger partial charge is 0.407 e. The third kappa shape index (κ3) is 8.38. The summed E-state index contributed by atoms with van der Waals surface area (Å²) in [6, 6.07) is 12.6. The number of alkyl carbamates (subject to hydrolysis) is 1. The molecule has 0 radical (unpaired) electrons. The standard InChI is InChI=1S/C41H46N4O7S/c1-23-18-25(22-42-39(49)52-40(3,4)5)19-24(2)33(23)44-36(46)29-20-30-32(51-16-12-26-13-17-53-35(26)30)21-28(29)27-10-11-31(43-34(27)38(48)50-7)37(47)45-41(6)14-8-9-15-41/h10-11,13,17-21H,8-9,12,14-16,22H2,1-7H3,(H,42,49)(H,44,46)(H,45,47). The largest absolute Gasteiger partial charge is 0.493 e. The molecule has 0 unspecified atom stereocenters. The van der Waals surface area contributed by atoms with Crippen LogP contribution in [0.1, 0.15) is 107 Å². The van der Waals surface area contributed by atoms with E-state index >= 15 is 0 Å². The highest BCUT2D eigenvalue weighted by Gasteiger charge is 2.32. The number of hydrogen-bond donors (Lipinski definition) is 3. The minimum absolute atomic E-state index is 0.0787. The molecule has 278 valence electrons. The van der Waals surface area contributed by atoms with E-state index in [-0.39, 0.29) is 34.9 Å². The van der Waals surface area contributed by atoms with Crippen LogP contribution in [0.3, 0.4) is 0 Å². The Labute approximate surface area is 313 Å². The molecule has 1 aliphatic carbocycles. The first kappa shape index (κ1) is 37.5. The molecule has 1 saturated carbocycles. The van der Waals surface area contributed by atoms with Gasteiger partial charge in [0.2, 0.25) is 0 Å². The lowest BCUT2D eigenvalue weighted by Crippen LogP contribution is -2.44. The van der Waals surface area contributed by atoms with Crippen molar-refractivity contribution in [1.29, 1.82) is 0 Å². The molecule has 0 bridgehead atoms. The van der Waals surface area contributed by atoms with E-state index in [1.165, 1.54) is 7.11 Å². The fraction of sp³-hybridized carbons (Fsp3) is 0.390. The van der Waals surface area contributed by atoms with Crippen molar-refractivity contribution in [2.75, 3.05) is 19.0 Å². The van der Waals surface area contributed by atoms with E-state index in [0.717, 1.165) is 58.4 Å². The lowest BCUT2D eigenvalue weighted by molar-refractivity contribution is 0.0521. The molecule has 2 aliphatic rings. The molecule has 53 heavy (non-hydrogen) atoms. The van der Waals surface area contributed by atoms with Crippen molar-refractivity contribution in [3.63, 3.8) is 0 Å². The summed E-state index contributed by atoms with van der Waals surface area (Å²) in [6.07, 6.45) is 3.98. The number of amides is 3. The maximum atomic E-state index is 14.5. The van der Waals surface area contributed by atoms with Crippen LogP contribution in [0, 0.1) is 13.8 Å². The molecular formula is C41H46N4O7S. The number of carbonyl (C=O) groups is 4. The van der Waals surface area contributed by atoms with Gasteiger partial charge >= 0.3 is 12.1 Å². The van der Waals surface area contributed by atoms with Crippen LogP contribution in [0.25, 0.3) is 21.6 Å². The molecule has 0 saturated heterocycles. The third-order valence-electron chi connectivity index (χ3n) is 9.57. The number of carbonyl (C=O) groups excluding carboxylic acids is 4. The van der Waals surface area contributed by atoms with E-state index in [4.69, 9.17) is 14.2 Å². The van der Waals surface area contributed by atoms with E-state index in [0.29, 0.717) is 35.6 Å². The van der Waals surface area contributed by atoms with Gasteiger partial charge in [-0.25, -0.2) is 14.6 Å². The quantitative estimate of drug-likeness (QED) is 0.154. The summed E-state index contributed by atoms with van der Waals surface area (Å²) in [4.78, 5) is 59.0. The molecule has 0 spiro atoms. The topological polar surface area (TPSA) is 145 Å². The molecule has 1 fully saturated rings. The molecule has 2 aromatic heterocycles. The van der Waals surface area contributed by atoms with Crippen molar-refractivity contribution in [1.82, 2.24) is 15.6 Å². The molecule has 6 rings (SSSR count). The maximum absolute atomic E-state index is 14.5. The second-order valence-corrected chi connectivity index (χ2v) is 15.9. The van der Waals surface area contributed by atoms with Crippen molar-refractivity contribution in [2.24, 2.45) is 0 Å². The van der Waals surface area contributed by atoms with Crippen molar-refractivity contribution in [3.8, 4) is 27.3 Å². The lowest BCUT2D eigenvalue weighted by atomic mass is 9.93. The number of benzene rings is 2. The Kier molecular flexibility index (Phi) is 10.6. The Morgan fingerprint density at radius 1 is 0.943 bits per heavy atom. The van der Waals surface area contributed by atoms with E-state index in [1.54, 1.807) is 56.4 Å². The van der Waals surface area contributed by atoms with Gasteiger partial charge in [-0.1, -0.05) is 25.0 Å². The zero-order valence-corrected chi connectivity index (χ0v) is 32.1. The summed E-state index contributed by atoms with van der Waals surface area (Å²) in [6.45, 7) is 11.9. The SMILES string of the molecule is COC(=O)c1nc(C(=O)NC2(C)CCCC2)ccc1-c1cc2c(cc1C(=O)Nc1c(C)cc(CNC(=O)OC(C)(C)C)cc1C)-c1sccc1CCO2. The normalized spacial score (nSPS) is 14.5. The Bertz CT molecular complexity index is 2070. The highest BCUT2D eigenvalue weighted by atomic mass is 32.1. The van der Waals surface area contributed by atoms with Crippen molar-refractivity contribution in [3.05, 3.63) is 87.0 Å². The predicted molar refractivity (Wildman–Crippen MR) is 205 cm³/mol. The van der Waals surface area contributed by atoms with Crippen LogP contribution >= 0.6 is 11.3 Å². The van der Waals surface area contributed by atoms with Gasteiger partial charge in [0.25, 0.3) is 11.8 Å². The number of esters is 1. The predicted octanol–water partition coefficient (Wildman–Crippen LogP) is 8.15. The number of nitrogens with one attached hydrogen (secondary N) is 3. The Morgan fingerprint density at radius 2 is 1.66 bits per heavy atom. The molecule has 4 aromatic rings. The summed E-state index contributed by atoms with van der Waals surface area (Å²) < 4.78 is 16.8.